The lowest BCUT2D eigenvalue weighted by atomic mass is 9.88. The molecule has 1 saturated heterocycles. The van der Waals surface area contributed by atoms with Crippen molar-refractivity contribution in [2.24, 2.45) is 11.3 Å². The summed E-state index contributed by atoms with van der Waals surface area (Å²) in [5.74, 6) is 0.441. The van der Waals surface area contributed by atoms with Crippen LogP contribution in [0.15, 0.2) is 0 Å². The van der Waals surface area contributed by atoms with Crippen molar-refractivity contribution in [2.75, 3.05) is 19.8 Å². The molecule has 0 unspecified atom stereocenters. The van der Waals surface area contributed by atoms with Crippen molar-refractivity contribution < 1.29 is 9.53 Å². The van der Waals surface area contributed by atoms with E-state index >= 15 is 0 Å². The molecule has 0 aliphatic carbocycles. The van der Waals surface area contributed by atoms with Crippen LogP contribution >= 0.6 is 0 Å². The number of ether oxygens (including phenoxy) is 1. The lowest BCUT2D eigenvalue weighted by molar-refractivity contribution is -0.130. The molecule has 1 amide bonds. The maximum Gasteiger partial charge on any atom is 0.223 e. The number of hydrogen-bond acceptors (Lipinski definition) is 2. The normalized spacial score (nSPS) is 18.2. The van der Waals surface area contributed by atoms with Crippen LogP contribution in [0.4, 0.5) is 0 Å². The molecule has 1 N–H and O–H groups in total. The van der Waals surface area contributed by atoms with Crippen molar-refractivity contribution in [2.45, 2.75) is 46.5 Å². The fourth-order valence-corrected chi connectivity index (χ4v) is 2.10. The average Bonchev–Trinajstić information content (AvgIpc) is 2.23. The van der Waals surface area contributed by atoms with Crippen LogP contribution in [0.1, 0.15) is 46.5 Å². The van der Waals surface area contributed by atoms with Gasteiger partial charge >= 0.3 is 0 Å². The van der Waals surface area contributed by atoms with E-state index < -0.39 is 0 Å². The molecule has 1 aliphatic heterocycles. The van der Waals surface area contributed by atoms with Crippen molar-refractivity contribution in [3.63, 3.8) is 0 Å². The molecule has 0 atom stereocenters. The fourth-order valence-electron chi connectivity index (χ4n) is 2.10. The van der Waals surface area contributed by atoms with Crippen LogP contribution in [0.3, 0.4) is 0 Å². The summed E-state index contributed by atoms with van der Waals surface area (Å²) in [6.07, 6.45) is 4.18. The molecule has 3 heteroatoms. The molecular weight excluding hydrogens is 202 g/mol. The van der Waals surface area contributed by atoms with Crippen molar-refractivity contribution in [1.82, 2.24) is 5.32 Å². The number of carbonyl (C=O) groups excluding carboxylic acids is 1. The van der Waals surface area contributed by atoms with Crippen molar-refractivity contribution in [3.8, 4) is 0 Å². The molecule has 0 aromatic carbocycles. The molecule has 0 spiro atoms. The zero-order chi connectivity index (χ0) is 12.0. The average molecular weight is 227 g/mol. The van der Waals surface area contributed by atoms with Crippen molar-refractivity contribution in [1.29, 1.82) is 0 Å². The van der Waals surface area contributed by atoms with Crippen molar-refractivity contribution >= 4 is 5.91 Å². The highest BCUT2D eigenvalue weighted by atomic mass is 16.5. The van der Waals surface area contributed by atoms with Gasteiger partial charge < -0.3 is 10.1 Å². The number of hydrogen-bond donors (Lipinski definition) is 1. The highest BCUT2D eigenvalue weighted by molar-refractivity contribution is 5.78. The minimum atomic E-state index is 0.179. The Morgan fingerprint density at radius 1 is 1.31 bits per heavy atom. The van der Waals surface area contributed by atoms with Crippen LogP contribution in [0.5, 0.6) is 0 Å². The van der Waals surface area contributed by atoms with E-state index in [0.29, 0.717) is 0 Å². The SMILES string of the molecule is CCCC(CCC)C(=O)NCC1(C)COC1. The smallest absolute Gasteiger partial charge is 0.223 e. The third kappa shape index (κ3) is 3.78. The first-order chi connectivity index (χ1) is 7.61. The van der Waals surface area contributed by atoms with Crippen LogP contribution in [0.25, 0.3) is 0 Å². The molecule has 1 heterocycles. The van der Waals surface area contributed by atoms with Crippen LogP contribution in [0.2, 0.25) is 0 Å². The second-order valence-corrected chi connectivity index (χ2v) is 5.30. The fraction of sp³-hybridized carbons (Fsp3) is 0.923. The van der Waals surface area contributed by atoms with Gasteiger partial charge in [0, 0.05) is 17.9 Å². The highest BCUT2D eigenvalue weighted by Crippen LogP contribution is 2.25. The molecule has 3 nitrogen and oxygen atoms in total. The molecule has 1 aliphatic rings. The third-order valence-corrected chi connectivity index (χ3v) is 3.24. The Hall–Kier alpha value is -0.570. The molecule has 0 aromatic rings. The van der Waals surface area contributed by atoms with Gasteiger partial charge in [-0.1, -0.05) is 33.6 Å². The summed E-state index contributed by atoms with van der Waals surface area (Å²) in [6.45, 7) is 8.74. The second-order valence-electron chi connectivity index (χ2n) is 5.30. The number of amides is 1. The predicted molar refractivity (Wildman–Crippen MR) is 65.2 cm³/mol. The van der Waals surface area contributed by atoms with E-state index in [9.17, 15) is 4.79 Å². The summed E-state index contributed by atoms with van der Waals surface area (Å²) in [6, 6.07) is 0. The predicted octanol–water partition coefficient (Wildman–Crippen LogP) is 2.36. The summed E-state index contributed by atoms with van der Waals surface area (Å²) < 4.78 is 5.17. The summed E-state index contributed by atoms with van der Waals surface area (Å²) >= 11 is 0. The minimum absolute atomic E-state index is 0.179. The standard InChI is InChI=1S/C13H25NO2/c1-4-6-11(7-5-2)12(15)14-8-13(3)9-16-10-13/h11H,4-10H2,1-3H3,(H,14,15). The van der Waals surface area contributed by atoms with Gasteiger partial charge in [-0.3, -0.25) is 4.79 Å². The van der Waals surface area contributed by atoms with Crippen LogP contribution in [0, 0.1) is 11.3 Å². The molecule has 0 aromatic heterocycles. The van der Waals surface area contributed by atoms with E-state index in [1.54, 1.807) is 0 Å². The summed E-state index contributed by atoms with van der Waals surface area (Å²) in [5.41, 5.74) is 0.179. The van der Waals surface area contributed by atoms with Crippen molar-refractivity contribution in [3.05, 3.63) is 0 Å². The van der Waals surface area contributed by atoms with E-state index in [4.69, 9.17) is 4.74 Å². The molecule has 0 radical (unpaired) electrons. The topological polar surface area (TPSA) is 38.3 Å². The third-order valence-electron chi connectivity index (χ3n) is 3.24. The first-order valence-electron chi connectivity index (χ1n) is 6.47. The monoisotopic (exact) mass is 227 g/mol. The van der Waals surface area contributed by atoms with E-state index in [2.05, 4.69) is 26.1 Å². The number of nitrogens with one attached hydrogen (secondary N) is 1. The molecule has 94 valence electrons. The Labute approximate surface area is 98.9 Å². The Balaban J connectivity index is 2.30. The number of carbonyl (C=O) groups is 1. The molecule has 0 bridgehead atoms. The molecule has 0 saturated carbocycles. The number of rotatable bonds is 7. The highest BCUT2D eigenvalue weighted by Gasteiger charge is 2.34. The van der Waals surface area contributed by atoms with Gasteiger partial charge in [-0.25, -0.2) is 0 Å². The summed E-state index contributed by atoms with van der Waals surface area (Å²) in [4.78, 5) is 12.0. The molecular formula is C13H25NO2. The van der Waals surface area contributed by atoms with E-state index in [1.165, 1.54) is 0 Å². The van der Waals surface area contributed by atoms with Gasteiger partial charge in [-0.2, -0.15) is 0 Å². The van der Waals surface area contributed by atoms with Crippen LogP contribution in [-0.4, -0.2) is 25.7 Å². The Morgan fingerprint density at radius 3 is 2.25 bits per heavy atom. The molecule has 16 heavy (non-hydrogen) atoms. The minimum Gasteiger partial charge on any atom is -0.380 e. The molecule has 1 rings (SSSR count). The zero-order valence-electron chi connectivity index (χ0n) is 10.8. The zero-order valence-corrected chi connectivity index (χ0v) is 10.8. The van der Waals surface area contributed by atoms with Gasteiger partial charge in [0.05, 0.1) is 13.2 Å². The maximum atomic E-state index is 12.0. The van der Waals surface area contributed by atoms with Crippen LogP contribution < -0.4 is 5.32 Å². The van der Waals surface area contributed by atoms with E-state index in [1.807, 2.05) is 0 Å². The first-order valence-corrected chi connectivity index (χ1v) is 6.47. The van der Waals surface area contributed by atoms with Crippen LogP contribution in [-0.2, 0) is 9.53 Å². The lowest BCUT2D eigenvalue weighted by Crippen LogP contribution is -2.49. The van der Waals surface area contributed by atoms with E-state index in [0.717, 1.165) is 45.4 Å². The van der Waals surface area contributed by atoms with Gasteiger partial charge in [0.1, 0.15) is 0 Å². The Kier molecular flexibility index (Phi) is 5.26. The molecule has 1 fully saturated rings. The Bertz CT molecular complexity index is 218. The van der Waals surface area contributed by atoms with Gasteiger partial charge in [0.25, 0.3) is 0 Å². The van der Waals surface area contributed by atoms with Gasteiger partial charge in [0.15, 0.2) is 0 Å². The Morgan fingerprint density at radius 2 is 1.88 bits per heavy atom. The maximum absolute atomic E-state index is 12.0. The first kappa shape index (κ1) is 13.5. The largest absolute Gasteiger partial charge is 0.380 e. The lowest BCUT2D eigenvalue weighted by Gasteiger charge is -2.38. The van der Waals surface area contributed by atoms with Gasteiger partial charge in [-0.05, 0) is 12.8 Å². The quantitative estimate of drug-likeness (QED) is 0.725. The van der Waals surface area contributed by atoms with Gasteiger partial charge in [0.2, 0.25) is 5.91 Å². The summed E-state index contributed by atoms with van der Waals surface area (Å²) in [7, 11) is 0. The van der Waals surface area contributed by atoms with Gasteiger partial charge in [-0.15, -0.1) is 0 Å². The second kappa shape index (κ2) is 6.24. The van der Waals surface area contributed by atoms with E-state index in [-0.39, 0.29) is 17.2 Å². The summed E-state index contributed by atoms with van der Waals surface area (Å²) in [5, 5.41) is 3.08.